The van der Waals surface area contributed by atoms with Crippen molar-refractivity contribution in [2.45, 2.75) is 49.0 Å². The summed E-state index contributed by atoms with van der Waals surface area (Å²) in [5.41, 5.74) is 0. The summed E-state index contributed by atoms with van der Waals surface area (Å²) in [7, 11) is 0. The number of hydrogen-bond acceptors (Lipinski definition) is 2. The summed E-state index contributed by atoms with van der Waals surface area (Å²) in [5.74, 6) is 3.42. The highest BCUT2D eigenvalue weighted by atomic mass is 16.5. The van der Waals surface area contributed by atoms with Gasteiger partial charge in [-0.2, -0.15) is 0 Å². The van der Waals surface area contributed by atoms with Gasteiger partial charge in [-0.15, -0.1) is 0 Å². The lowest BCUT2D eigenvalue weighted by molar-refractivity contribution is -0.0534. The Labute approximate surface area is 109 Å². The molecule has 0 aromatic rings. The van der Waals surface area contributed by atoms with Crippen LogP contribution in [0.25, 0.3) is 0 Å². The van der Waals surface area contributed by atoms with Crippen molar-refractivity contribution in [2.24, 2.45) is 23.7 Å². The van der Waals surface area contributed by atoms with Gasteiger partial charge in [0.15, 0.2) is 0 Å². The van der Waals surface area contributed by atoms with Crippen LogP contribution in [0.5, 0.6) is 0 Å². The van der Waals surface area contributed by atoms with E-state index in [0.717, 1.165) is 50.1 Å². The molecule has 0 atom stereocenters. The van der Waals surface area contributed by atoms with Gasteiger partial charge in [-0.1, -0.05) is 42.5 Å². The van der Waals surface area contributed by atoms with Crippen molar-refractivity contribution < 1.29 is 9.47 Å². The van der Waals surface area contributed by atoms with Crippen LogP contribution in [0.3, 0.4) is 0 Å². The van der Waals surface area contributed by atoms with Gasteiger partial charge in [0.1, 0.15) is 0 Å². The van der Waals surface area contributed by atoms with Crippen LogP contribution >= 0.6 is 0 Å². The molecular formula is C15H34O2. The van der Waals surface area contributed by atoms with Crippen LogP contribution in [-0.4, -0.2) is 26.4 Å². The van der Waals surface area contributed by atoms with Crippen LogP contribution < -0.4 is 0 Å². The number of ether oxygens (including phenoxy) is 2. The van der Waals surface area contributed by atoms with E-state index in [4.69, 9.17) is 9.47 Å². The third-order valence-electron chi connectivity index (χ3n) is 3.12. The maximum absolute atomic E-state index is 5.04. The second-order valence-corrected chi connectivity index (χ2v) is 5.57. The topological polar surface area (TPSA) is 18.5 Å². The minimum atomic E-state index is 0. The zero-order valence-corrected chi connectivity index (χ0v) is 10.7. The smallest absolute Gasteiger partial charge is 0.0518 e. The second-order valence-electron chi connectivity index (χ2n) is 5.57. The minimum Gasteiger partial charge on any atom is -0.381 e. The molecule has 106 valence electrons. The fourth-order valence-corrected chi connectivity index (χ4v) is 1.73. The zero-order chi connectivity index (χ0) is 11.3. The molecule has 2 aliphatic rings. The maximum Gasteiger partial charge on any atom is 0.0518 e. The van der Waals surface area contributed by atoms with Crippen LogP contribution in [0.15, 0.2) is 0 Å². The van der Waals surface area contributed by atoms with E-state index in [9.17, 15) is 0 Å². The fraction of sp³-hybridized carbons (Fsp3) is 1.00. The van der Waals surface area contributed by atoms with Crippen LogP contribution in [0.1, 0.15) is 49.0 Å². The van der Waals surface area contributed by atoms with Crippen molar-refractivity contribution in [3.63, 3.8) is 0 Å². The lowest BCUT2D eigenvalue weighted by Crippen LogP contribution is -2.31. The van der Waals surface area contributed by atoms with Crippen molar-refractivity contribution >= 4 is 0 Å². The molecule has 0 saturated carbocycles. The Balaban J connectivity index is 0. The molecule has 2 saturated heterocycles. The standard InChI is InChI=1S/C7H14O.C6H12O.2CH4/c1-6(2)3-7-4-8-5-7;1-5(2)6-3-7-4-6;;/h6-7H,3-5H2,1-2H3;5-6H,3-4H2,1-2H3;2*1H4. The highest BCUT2D eigenvalue weighted by Crippen LogP contribution is 2.19. The largest absolute Gasteiger partial charge is 0.381 e. The van der Waals surface area contributed by atoms with Crippen molar-refractivity contribution in [3.05, 3.63) is 0 Å². The van der Waals surface area contributed by atoms with Gasteiger partial charge >= 0.3 is 0 Å². The molecule has 17 heavy (non-hydrogen) atoms. The molecule has 0 aromatic carbocycles. The predicted molar refractivity (Wildman–Crippen MR) is 76.4 cm³/mol. The predicted octanol–water partition coefficient (Wildman–Crippen LogP) is 4.24. The highest BCUT2D eigenvalue weighted by molar-refractivity contribution is 4.67. The summed E-state index contributed by atoms with van der Waals surface area (Å²) in [6, 6.07) is 0. The quantitative estimate of drug-likeness (QED) is 0.741. The Bertz CT molecular complexity index is 158. The Kier molecular flexibility index (Phi) is 11.2. The molecule has 0 unspecified atom stereocenters. The van der Waals surface area contributed by atoms with E-state index in [1.165, 1.54) is 6.42 Å². The Morgan fingerprint density at radius 1 is 0.882 bits per heavy atom. The Hall–Kier alpha value is -0.0800. The first-order valence-electron chi connectivity index (χ1n) is 6.25. The van der Waals surface area contributed by atoms with Gasteiger partial charge in [0.25, 0.3) is 0 Å². The number of rotatable bonds is 3. The van der Waals surface area contributed by atoms with Gasteiger partial charge in [0, 0.05) is 11.8 Å². The molecule has 0 radical (unpaired) electrons. The van der Waals surface area contributed by atoms with Gasteiger partial charge in [-0.3, -0.25) is 0 Å². The molecule has 0 aliphatic carbocycles. The summed E-state index contributed by atoms with van der Waals surface area (Å²) in [6.07, 6.45) is 1.35. The van der Waals surface area contributed by atoms with Gasteiger partial charge in [-0.25, -0.2) is 0 Å². The van der Waals surface area contributed by atoms with Crippen LogP contribution in [0.2, 0.25) is 0 Å². The minimum absolute atomic E-state index is 0. The summed E-state index contributed by atoms with van der Waals surface area (Å²) < 4.78 is 10.0. The van der Waals surface area contributed by atoms with Crippen LogP contribution in [-0.2, 0) is 9.47 Å². The number of hydrogen-bond donors (Lipinski definition) is 0. The van der Waals surface area contributed by atoms with Gasteiger partial charge in [-0.05, 0) is 18.3 Å². The van der Waals surface area contributed by atoms with Crippen molar-refractivity contribution in [1.29, 1.82) is 0 Å². The third-order valence-corrected chi connectivity index (χ3v) is 3.12. The van der Waals surface area contributed by atoms with E-state index in [2.05, 4.69) is 27.7 Å². The van der Waals surface area contributed by atoms with E-state index >= 15 is 0 Å². The van der Waals surface area contributed by atoms with E-state index in [-0.39, 0.29) is 14.9 Å². The first-order chi connectivity index (χ1) is 7.09. The van der Waals surface area contributed by atoms with E-state index < -0.39 is 0 Å². The van der Waals surface area contributed by atoms with E-state index in [1.807, 2.05) is 0 Å². The first-order valence-corrected chi connectivity index (χ1v) is 6.25. The van der Waals surface area contributed by atoms with Crippen LogP contribution in [0, 0.1) is 23.7 Å². The van der Waals surface area contributed by atoms with Gasteiger partial charge in [0.05, 0.1) is 26.4 Å². The normalized spacial score (nSPS) is 19.4. The lowest BCUT2D eigenvalue weighted by Gasteiger charge is -2.29. The molecule has 2 fully saturated rings. The molecule has 2 aliphatic heterocycles. The first kappa shape index (κ1) is 19.3. The fourth-order valence-electron chi connectivity index (χ4n) is 1.73. The summed E-state index contributed by atoms with van der Waals surface area (Å²) in [6.45, 7) is 13.0. The molecule has 2 nitrogen and oxygen atoms in total. The third kappa shape index (κ3) is 7.77. The van der Waals surface area contributed by atoms with Crippen molar-refractivity contribution in [3.8, 4) is 0 Å². The van der Waals surface area contributed by atoms with Crippen molar-refractivity contribution in [2.75, 3.05) is 26.4 Å². The summed E-state index contributed by atoms with van der Waals surface area (Å²) >= 11 is 0. The average molecular weight is 246 g/mol. The Morgan fingerprint density at radius 2 is 1.35 bits per heavy atom. The maximum atomic E-state index is 5.04. The van der Waals surface area contributed by atoms with Crippen molar-refractivity contribution in [1.82, 2.24) is 0 Å². The van der Waals surface area contributed by atoms with Gasteiger partial charge < -0.3 is 9.47 Å². The molecule has 0 N–H and O–H groups in total. The Morgan fingerprint density at radius 3 is 1.41 bits per heavy atom. The van der Waals surface area contributed by atoms with Gasteiger partial charge in [0.2, 0.25) is 0 Å². The molecule has 2 heterocycles. The highest BCUT2D eigenvalue weighted by Gasteiger charge is 2.21. The molecule has 0 spiro atoms. The molecule has 0 bridgehead atoms. The molecule has 2 rings (SSSR count). The van der Waals surface area contributed by atoms with E-state index in [0.29, 0.717) is 0 Å². The summed E-state index contributed by atoms with van der Waals surface area (Å²) in [4.78, 5) is 0. The lowest BCUT2D eigenvalue weighted by atomic mass is 9.95. The molecule has 2 heteroatoms. The average Bonchev–Trinajstić information content (AvgIpc) is 1.93. The monoisotopic (exact) mass is 246 g/mol. The molecule has 0 aromatic heterocycles. The zero-order valence-electron chi connectivity index (χ0n) is 10.7. The SMILES string of the molecule is C.C.CC(C)C1COC1.CC(C)CC1COC1. The molecule has 0 amide bonds. The van der Waals surface area contributed by atoms with E-state index in [1.54, 1.807) is 0 Å². The second kappa shape index (κ2) is 9.90. The van der Waals surface area contributed by atoms with Crippen LogP contribution in [0.4, 0.5) is 0 Å². The molecular weight excluding hydrogens is 212 g/mol. The summed E-state index contributed by atoms with van der Waals surface area (Å²) in [5, 5.41) is 0.